The second-order valence-corrected chi connectivity index (χ2v) is 7.28. The average Bonchev–Trinajstić information content (AvgIpc) is 2.92. The Kier molecular flexibility index (Phi) is 4.93. The van der Waals surface area contributed by atoms with E-state index in [4.69, 9.17) is 11.6 Å². The second kappa shape index (κ2) is 7.01. The van der Waals surface area contributed by atoms with Crippen LogP contribution in [0.15, 0.2) is 35.3 Å². The van der Waals surface area contributed by atoms with E-state index in [0.717, 1.165) is 27.4 Å². The molecular formula is C18H16ClN3O3S. The predicted octanol–water partition coefficient (Wildman–Crippen LogP) is 4.64. The summed E-state index contributed by atoms with van der Waals surface area (Å²) in [6.45, 7) is 6.68. The van der Waals surface area contributed by atoms with Crippen molar-refractivity contribution in [1.82, 2.24) is 4.57 Å². The molecule has 0 bridgehead atoms. The van der Waals surface area contributed by atoms with Gasteiger partial charge in [-0.3, -0.25) is 14.9 Å². The normalized spacial score (nSPS) is 11.9. The molecule has 1 aromatic heterocycles. The minimum Gasteiger partial charge on any atom is -0.317 e. The second-order valence-electron chi connectivity index (χ2n) is 5.90. The number of amides is 1. The maximum atomic E-state index is 12.6. The summed E-state index contributed by atoms with van der Waals surface area (Å²) in [5, 5.41) is 11.1. The molecule has 0 aliphatic heterocycles. The quantitative estimate of drug-likeness (QED) is 0.483. The van der Waals surface area contributed by atoms with Crippen molar-refractivity contribution in [2.45, 2.75) is 27.3 Å². The van der Waals surface area contributed by atoms with Gasteiger partial charge in [0.2, 0.25) is 0 Å². The molecule has 8 heteroatoms. The number of thiazole rings is 1. The summed E-state index contributed by atoms with van der Waals surface area (Å²) in [5.41, 5.74) is 3.10. The van der Waals surface area contributed by atoms with Crippen molar-refractivity contribution in [2.24, 2.45) is 4.99 Å². The van der Waals surface area contributed by atoms with Gasteiger partial charge in [0, 0.05) is 18.7 Å². The van der Waals surface area contributed by atoms with Crippen molar-refractivity contribution < 1.29 is 9.72 Å². The van der Waals surface area contributed by atoms with Crippen molar-refractivity contribution >= 4 is 44.7 Å². The third kappa shape index (κ3) is 3.27. The van der Waals surface area contributed by atoms with Gasteiger partial charge in [-0.1, -0.05) is 29.0 Å². The van der Waals surface area contributed by atoms with Crippen LogP contribution in [0, 0.1) is 24.0 Å². The Hall–Kier alpha value is -2.51. The largest absolute Gasteiger partial charge is 0.317 e. The van der Waals surface area contributed by atoms with Crippen LogP contribution in [0.5, 0.6) is 0 Å². The van der Waals surface area contributed by atoms with Gasteiger partial charge in [0.05, 0.1) is 25.7 Å². The molecule has 6 nitrogen and oxygen atoms in total. The van der Waals surface area contributed by atoms with Gasteiger partial charge in [0.1, 0.15) is 0 Å². The molecule has 0 radical (unpaired) electrons. The van der Waals surface area contributed by atoms with Gasteiger partial charge in [0.15, 0.2) is 4.80 Å². The van der Waals surface area contributed by atoms with Crippen molar-refractivity contribution in [2.75, 3.05) is 0 Å². The van der Waals surface area contributed by atoms with Crippen molar-refractivity contribution in [3.63, 3.8) is 0 Å². The summed E-state index contributed by atoms with van der Waals surface area (Å²) in [5.74, 6) is -0.596. The molecule has 0 fully saturated rings. The first-order valence-corrected chi connectivity index (χ1v) is 9.15. The van der Waals surface area contributed by atoms with Gasteiger partial charge < -0.3 is 4.57 Å². The molecule has 0 unspecified atom stereocenters. The Balaban J connectivity index is 2.19. The first-order chi connectivity index (χ1) is 12.3. The summed E-state index contributed by atoms with van der Waals surface area (Å²) in [6.07, 6.45) is 0. The van der Waals surface area contributed by atoms with Crippen LogP contribution in [-0.4, -0.2) is 15.4 Å². The number of nitro benzene ring substituents is 1. The minimum atomic E-state index is -0.596. The maximum Gasteiger partial charge on any atom is 0.281 e. The third-order valence-electron chi connectivity index (χ3n) is 4.02. The highest BCUT2D eigenvalue weighted by atomic mass is 35.5. The number of fused-ring (bicyclic) bond motifs is 1. The van der Waals surface area contributed by atoms with Crippen LogP contribution in [0.25, 0.3) is 10.2 Å². The number of benzene rings is 2. The van der Waals surface area contributed by atoms with E-state index in [1.807, 2.05) is 25.3 Å². The van der Waals surface area contributed by atoms with E-state index in [2.05, 4.69) is 17.1 Å². The molecule has 1 heterocycles. The number of hydrogen-bond donors (Lipinski definition) is 0. The lowest BCUT2D eigenvalue weighted by Gasteiger charge is -2.03. The van der Waals surface area contributed by atoms with Crippen molar-refractivity contribution in [3.05, 3.63) is 67.0 Å². The molecule has 2 aromatic carbocycles. The highest BCUT2D eigenvalue weighted by molar-refractivity contribution is 7.16. The molecule has 0 aliphatic rings. The molecule has 26 heavy (non-hydrogen) atoms. The Bertz CT molecular complexity index is 1110. The van der Waals surface area contributed by atoms with Crippen LogP contribution in [-0.2, 0) is 6.54 Å². The Labute approximate surface area is 158 Å². The molecular weight excluding hydrogens is 374 g/mol. The summed E-state index contributed by atoms with van der Waals surface area (Å²) in [6, 6.07) is 7.91. The predicted molar refractivity (Wildman–Crippen MR) is 103 cm³/mol. The summed E-state index contributed by atoms with van der Waals surface area (Å²) < 4.78 is 3.03. The number of nitro groups is 1. The van der Waals surface area contributed by atoms with Gasteiger partial charge in [-0.25, -0.2) is 0 Å². The number of carbonyl (C=O) groups is 1. The zero-order valence-electron chi connectivity index (χ0n) is 14.4. The zero-order valence-corrected chi connectivity index (χ0v) is 16.0. The average molecular weight is 390 g/mol. The van der Waals surface area contributed by atoms with Gasteiger partial charge >= 0.3 is 0 Å². The first kappa shape index (κ1) is 18.3. The van der Waals surface area contributed by atoms with Crippen LogP contribution in [0.4, 0.5) is 5.69 Å². The molecule has 1 amide bonds. The van der Waals surface area contributed by atoms with E-state index in [1.165, 1.54) is 23.5 Å². The first-order valence-electron chi connectivity index (χ1n) is 7.95. The molecule has 0 N–H and O–H groups in total. The van der Waals surface area contributed by atoms with Gasteiger partial charge in [-0.05, 0) is 44.0 Å². The van der Waals surface area contributed by atoms with E-state index in [1.54, 1.807) is 0 Å². The fraction of sp³-hybridized carbons (Fsp3) is 0.222. The summed E-state index contributed by atoms with van der Waals surface area (Å²) in [4.78, 5) is 27.8. The molecule has 0 saturated heterocycles. The Morgan fingerprint density at radius 3 is 2.69 bits per heavy atom. The summed E-state index contributed by atoms with van der Waals surface area (Å²) in [7, 11) is 0. The number of rotatable bonds is 3. The minimum absolute atomic E-state index is 0.0221. The van der Waals surface area contributed by atoms with Gasteiger partial charge in [-0.2, -0.15) is 4.99 Å². The smallest absolute Gasteiger partial charge is 0.281 e. The van der Waals surface area contributed by atoms with Gasteiger partial charge in [-0.15, -0.1) is 0 Å². The third-order valence-corrected chi connectivity index (χ3v) is 5.58. The standard InChI is InChI=1S/C18H16ClN3O3S/c1-4-21-15-8-10(2)7-11(3)16(15)26-18(21)20-17(23)13-9-12(22(24)25)5-6-14(13)19/h5-9H,4H2,1-3H3. The number of halogens is 1. The van der Waals surface area contributed by atoms with E-state index in [0.29, 0.717) is 11.3 Å². The Morgan fingerprint density at radius 2 is 2.04 bits per heavy atom. The highest BCUT2D eigenvalue weighted by Crippen LogP contribution is 2.25. The monoisotopic (exact) mass is 389 g/mol. The lowest BCUT2D eigenvalue weighted by atomic mass is 10.1. The summed E-state index contributed by atoms with van der Waals surface area (Å²) >= 11 is 7.48. The number of non-ortho nitro benzene ring substituents is 1. The molecule has 3 rings (SSSR count). The van der Waals surface area contributed by atoms with E-state index >= 15 is 0 Å². The fourth-order valence-electron chi connectivity index (χ4n) is 2.84. The SMILES string of the molecule is CCn1c(=NC(=O)c2cc([N+](=O)[O-])ccc2Cl)sc2c(C)cc(C)cc21. The topological polar surface area (TPSA) is 77.5 Å². The van der Waals surface area contributed by atoms with E-state index in [9.17, 15) is 14.9 Å². The van der Waals surface area contributed by atoms with Gasteiger partial charge in [0.25, 0.3) is 11.6 Å². The molecule has 134 valence electrons. The van der Waals surface area contributed by atoms with E-state index < -0.39 is 10.8 Å². The molecule has 3 aromatic rings. The number of nitrogens with zero attached hydrogens (tertiary/aromatic N) is 3. The maximum absolute atomic E-state index is 12.6. The van der Waals surface area contributed by atoms with E-state index in [-0.39, 0.29) is 16.3 Å². The molecule has 0 atom stereocenters. The number of aromatic nitrogens is 1. The molecule has 0 spiro atoms. The molecule has 0 saturated carbocycles. The van der Waals surface area contributed by atoms with Crippen molar-refractivity contribution in [1.29, 1.82) is 0 Å². The van der Waals surface area contributed by atoms with Crippen molar-refractivity contribution in [3.8, 4) is 0 Å². The highest BCUT2D eigenvalue weighted by Gasteiger charge is 2.16. The van der Waals surface area contributed by atoms with Crippen LogP contribution < -0.4 is 4.80 Å². The fourth-order valence-corrected chi connectivity index (χ4v) is 4.18. The number of hydrogen-bond acceptors (Lipinski definition) is 4. The van der Waals surface area contributed by atoms with Crippen LogP contribution in [0.1, 0.15) is 28.4 Å². The number of carbonyl (C=O) groups excluding carboxylic acids is 1. The van der Waals surface area contributed by atoms with Crippen LogP contribution in [0.2, 0.25) is 5.02 Å². The number of aryl methyl sites for hydroxylation is 3. The molecule has 0 aliphatic carbocycles. The van der Waals surface area contributed by atoms with Crippen LogP contribution in [0.3, 0.4) is 0 Å². The lowest BCUT2D eigenvalue weighted by molar-refractivity contribution is -0.384. The Morgan fingerprint density at radius 1 is 1.31 bits per heavy atom. The lowest BCUT2D eigenvalue weighted by Crippen LogP contribution is -2.16. The van der Waals surface area contributed by atoms with Crippen LogP contribution >= 0.6 is 22.9 Å². The zero-order chi connectivity index (χ0) is 19.0.